The molecule has 1 N–H and O–H groups in total. The number of rotatable bonds is 9. The van der Waals surface area contributed by atoms with E-state index in [4.69, 9.17) is 18.9 Å². The second-order valence-electron chi connectivity index (χ2n) is 11.2. The summed E-state index contributed by atoms with van der Waals surface area (Å²) in [4.78, 5) is 19.7. The lowest BCUT2D eigenvalue weighted by Crippen LogP contribution is -2.54. The first kappa shape index (κ1) is 33.0. The Balaban J connectivity index is 1.25. The topological polar surface area (TPSA) is 161 Å². The van der Waals surface area contributed by atoms with Gasteiger partial charge in [0.2, 0.25) is 0 Å². The van der Waals surface area contributed by atoms with E-state index in [1.54, 1.807) is 23.3 Å². The highest BCUT2D eigenvalue weighted by molar-refractivity contribution is 8.00. The van der Waals surface area contributed by atoms with E-state index in [1.165, 1.54) is 43.0 Å². The number of benzene rings is 1. The summed E-state index contributed by atoms with van der Waals surface area (Å²) in [7, 11) is 1.50. The Morgan fingerprint density at radius 2 is 1.70 bits per heavy atom. The summed E-state index contributed by atoms with van der Waals surface area (Å²) < 4.78 is 68.2. The number of carbonyl (C=O) groups is 1. The van der Waals surface area contributed by atoms with Crippen molar-refractivity contribution in [1.82, 2.24) is 40.0 Å². The third kappa shape index (κ3) is 6.87. The molecule has 2 fully saturated rings. The van der Waals surface area contributed by atoms with Crippen LogP contribution in [0, 0.1) is 23.4 Å². The lowest BCUT2D eigenvalue weighted by Gasteiger charge is -2.46. The van der Waals surface area contributed by atoms with Gasteiger partial charge in [-0.05, 0) is 12.1 Å². The van der Waals surface area contributed by atoms with Crippen LogP contribution in [0.3, 0.4) is 0 Å². The molecule has 3 aromatic heterocycles. The van der Waals surface area contributed by atoms with Crippen molar-refractivity contribution in [3.8, 4) is 22.5 Å². The average molecular weight is 677 g/mol. The molecule has 0 saturated carbocycles. The van der Waals surface area contributed by atoms with E-state index in [9.17, 15) is 23.1 Å². The molecular formula is C29H31F3N8O6S. The van der Waals surface area contributed by atoms with E-state index < -0.39 is 64.5 Å². The van der Waals surface area contributed by atoms with Crippen LogP contribution >= 0.6 is 11.8 Å². The highest BCUT2D eigenvalue weighted by atomic mass is 32.2. The molecular weight excluding hydrogens is 645 g/mol. The Kier molecular flexibility index (Phi) is 9.83. The van der Waals surface area contributed by atoms with E-state index in [1.807, 2.05) is 6.92 Å². The van der Waals surface area contributed by atoms with Gasteiger partial charge >= 0.3 is 5.97 Å². The van der Waals surface area contributed by atoms with Gasteiger partial charge in [-0.1, -0.05) is 17.4 Å². The van der Waals surface area contributed by atoms with Crippen LogP contribution in [-0.2, 0) is 23.7 Å². The Hall–Kier alpha value is -3.97. The van der Waals surface area contributed by atoms with E-state index in [0.29, 0.717) is 11.3 Å². The summed E-state index contributed by atoms with van der Waals surface area (Å²) in [6.07, 6.45) is 5.52. The number of aliphatic hydroxyl groups is 1. The van der Waals surface area contributed by atoms with E-state index in [2.05, 4.69) is 30.6 Å². The summed E-state index contributed by atoms with van der Waals surface area (Å²) in [5.41, 5.74) is 0.564. The molecule has 47 heavy (non-hydrogen) atoms. The van der Waals surface area contributed by atoms with Crippen LogP contribution in [-0.4, -0.2) is 107 Å². The smallest absolute Gasteiger partial charge is 0.302 e. The number of hydrogen-bond acceptors (Lipinski definition) is 13. The predicted octanol–water partition coefficient (Wildman–Crippen LogP) is 2.63. The highest BCUT2D eigenvalue weighted by Gasteiger charge is 2.49. The Morgan fingerprint density at radius 3 is 2.38 bits per heavy atom. The van der Waals surface area contributed by atoms with Gasteiger partial charge in [0.15, 0.2) is 17.5 Å². The van der Waals surface area contributed by atoms with Gasteiger partial charge in [-0.3, -0.25) is 4.79 Å². The normalized spacial score (nSPS) is 27.9. The number of hydrogen-bond donors (Lipinski definition) is 1. The maximum atomic E-state index is 14.0. The van der Waals surface area contributed by atoms with Gasteiger partial charge < -0.3 is 24.1 Å². The largest absolute Gasteiger partial charge is 0.463 e. The highest BCUT2D eigenvalue weighted by Crippen LogP contribution is 2.43. The molecule has 0 aliphatic carbocycles. The van der Waals surface area contributed by atoms with Crippen LogP contribution in [0.4, 0.5) is 13.2 Å². The maximum absolute atomic E-state index is 14.0. The number of nitrogens with zero attached hydrogens (tertiary/aromatic N) is 8. The fourth-order valence-electron chi connectivity index (χ4n) is 5.73. The van der Waals surface area contributed by atoms with Gasteiger partial charge in [0.1, 0.15) is 41.9 Å². The van der Waals surface area contributed by atoms with Crippen LogP contribution < -0.4 is 0 Å². The third-order valence-electron chi connectivity index (χ3n) is 8.22. The number of aliphatic hydroxyl groups excluding tert-OH is 1. The number of esters is 1. The quantitative estimate of drug-likeness (QED) is 0.204. The van der Waals surface area contributed by atoms with Gasteiger partial charge in [-0.25, -0.2) is 32.5 Å². The Labute approximate surface area is 270 Å². The first-order valence-electron chi connectivity index (χ1n) is 14.6. The molecule has 0 spiro atoms. The summed E-state index contributed by atoms with van der Waals surface area (Å²) in [6, 6.07) is 0.523. The van der Waals surface area contributed by atoms with Crippen molar-refractivity contribution in [2.75, 3.05) is 26.9 Å². The van der Waals surface area contributed by atoms with Gasteiger partial charge in [-0.2, -0.15) is 0 Å². The van der Waals surface area contributed by atoms with Crippen molar-refractivity contribution >= 4 is 17.7 Å². The van der Waals surface area contributed by atoms with Crippen molar-refractivity contribution in [2.24, 2.45) is 5.92 Å². The zero-order valence-corrected chi connectivity index (χ0v) is 26.2. The number of carbonyl (C=O) groups excluding carboxylic acids is 1. The average Bonchev–Trinajstić information content (AvgIpc) is 3.75. The van der Waals surface area contributed by atoms with Crippen molar-refractivity contribution in [3.63, 3.8) is 0 Å². The summed E-state index contributed by atoms with van der Waals surface area (Å²) in [5, 5.41) is 27.7. The minimum absolute atomic E-state index is 0.00621. The molecule has 6 rings (SSSR count). The van der Waals surface area contributed by atoms with E-state index in [-0.39, 0.29) is 37.0 Å². The van der Waals surface area contributed by atoms with Crippen molar-refractivity contribution in [3.05, 3.63) is 60.7 Å². The van der Waals surface area contributed by atoms with Gasteiger partial charge in [0.25, 0.3) is 0 Å². The van der Waals surface area contributed by atoms with Crippen molar-refractivity contribution in [1.29, 1.82) is 0 Å². The standard InChI is InChI=1S/C29H31F3N8O6S/c1-14-23(11-45-15(2)41)46-29(28(43-3)26(14)40-9-20(35-38-40)16-4-18(30)25(32)19(31)5-16)47-24-12-44-10-22(27(24)42)39-8-21(36-37-39)17-6-33-13-34-7-17/h4-9,13-14,22-24,26-29,42H,10-12H2,1-3H3. The molecule has 4 aromatic rings. The maximum Gasteiger partial charge on any atom is 0.302 e. The van der Waals surface area contributed by atoms with Crippen LogP contribution in [0.5, 0.6) is 0 Å². The number of methoxy groups -OCH3 is 1. The van der Waals surface area contributed by atoms with Gasteiger partial charge in [0.05, 0.1) is 49.1 Å². The lowest BCUT2D eigenvalue weighted by molar-refractivity contribution is -0.172. The minimum atomic E-state index is -1.59. The van der Waals surface area contributed by atoms with Gasteiger partial charge in [0, 0.05) is 43.5 Å². The lowest BCUT2D eigenvalue weighted by atomic mass is 9.89. The minimum Gasteiger partial charge on any atom is -0.463 e. The zero-order valence-electron chi connectivity index (χ0n) is 25.4. The zero-order chi connectivity index (χ0) is 33.2. The fraction of sp³-hybridized carbons (Fsp3) is 0.483. The third-order valence-corrected chi connectivity index (χ3v) is 9.63. The Morgan fingerprint density at radius 1 is 1.04 bits per heavy atom. The van der Waals surface area contributed by atoms with Crippen LogP contribution in [0.2, 0.25) is 0 Å². The van der Waals surface area contributed by atoms with E-state index in [0.717, 1.165) is 12.1 Å². The molecule has 5 heterocycles. The SMILES string of the molecule is COC1C(SC2COCC(n3cc(-c4cncnc4)nn3)C2O)OC(COC(C)=O)C(C)C1n1cc(-c2cc(F)c(F)c(F)c2)nn1. The molecule has 0 amide bonds. The number of ether oxygens (including phenoxy) is 4. The molecule has 250 valence electrons. The van der Waals surface area contributed by atoms with Crippen molar-refractivity contribution in [2.45, 2.75) is 54.9 Å². The first-order valence-corrected chi connectivity index (χ1v) is 15.6. The molecule has 0 bridgehead atoms. The van der Waals surface area contributed by atoms with Crippen LogP contribution in [0.25, 0.3) is 22.5 Å². The summed E-state index contributed by atoms with van der Waals surface area (Å²) >= 11 is 1.28. The Bertz CT molecular complexity index is 1680. The molecule has 18 heteroatoms. The molecule has 1 aromatic carbocycles. The molecule has 8 atom stereocenters. The van der Waals surface area contributed by atoms with Crippen LogP contribution in [0.15, 0.2) is 43.2 Å². The number of thioether (sulfide) groups is 1. The molecule has 8 unspecified atom stereocenters. The van der Waals surface area contributed by atoms with Crippen molar-refractivity contribution < 1.29 is 42.0 Å². The summed E-state index contributed by atoms with van der Waals surface area (Å²) in [6.45, 7) is 3.45. The second-order valence-corrected chi connectivity index (χ2v) is 12.6. The molecule has 14 nitrogen and oxygen atoms in total. The molecule has 2 saturated heterocycles. The molecule has 2 aliphatic rings. The van der Waals surface area contributed by atoms with E-state index >= 15 is 0 Å². The monoisotopic (exact) mass is 676 g/mol. The fourth-order valence-corrected chi connectivity index (χ4v) is 7.23. The first-order chi connectivity index (χ1) is 22.6. The number of halogens is 3. The molecule has 2 aliphatic heterocycles. The van der Waals surface area contributed by atoms with Crippen LogP contribution in [0.1, 0.15) is 25.9 Å². The number of aromatic nitrogens is 8. The second kappa shape index (κ2) is 14.0. The van der Waals surface area contributed by atoms with Gasteiger partial charge in [-0.15, -0.1) is 22.0 Å². The predicted molar refractivity (Wildman–Crippen MR) is 158 cm³/mol. The molecule has 0 radical (unpaired) electrons. The summed E-state index contributed by atoms with van der Waals surface area (Å²) in [5.74, 6) is -5.16.